The van der Waals surface area contributed by atoms with Crippen molar-refractivity contribution in [3.8, 4) is 5.75 Å². The largest absolute Gasteiger partial charge is 0.507 e. The second kappa shape index (κ2) is 10.4. The lowest BCUT2D eigenvalue weighted by atomic mass is 9.52. The van der Waals surface area contributed by atoms with Gasteiger partial charge in [0.15, 0.2) is 34.7 Å². The molecule has 0 aromatic heterocycles. The van der Waals surface area contributed by atoms with Gasteiger partial charge in [0.1, 0.15) is 5.75 Å². The van der Waals surface area contributed by atoms with Gasteiger partial charge in [0, 0.05) is 24.0 Å². The van der Waals surface area contributed by atoms with Crippen LogP contribution >= 0.6 is 11.6 Å². The van der Waals surface area contributed by atoms with Gasteiger partial charge in [-0.05, 0) is 62.5 Å². The number of hydrogen-bond donors (Lipinski definition) is 3. The first-order chi connectivity index (χ1) is 18.2. The number of carbonyl (C=O) groups is 5. The molecule has 3 aliphatic carbocycles. The average molecular weight is 562 g/mol. The summed E-state index contributed by atoms with van der Waals surface area (Å²) >= 11 is 6.82. The van der Waals surface area contributed by atoms with Crippen molar-refractivity contribution in [3.63, 3.8) is 0 Å². The van der Waals surface area contributed by atoms with Gasteiger partial charge in [0.05, 0.1) is 17.5 Å². The Bertz CT molecular complexity index is 1260. The van der Waals surface area contributed by atoms with Gasteiger partial charge in [-0.1, -0.05) is 32.4 Å². The zero-order valence-corrected chi connectivity index (χ0v) is 23.6. The summed E-state index contributed by atoms with van der Waals surface area (Å²) in [6, 6.07) is 0.291. The summed E-state index contributed by atoms with van der Waals surface area (Å²) in [5, 5.41) is 22.9. The van der Waals surface area contributed by atoms with E-state index in [1.165, 1.54) is 11.0 Å². The molecule has 3 unspecified atom stereocenters. The maximum Gasteiger partial charge on any atom is 0.235 e. The molecule has 0 spiro atoms. The van der Waals surface area contributed by atoms with Crippen LogP contribution in [0.25, 0.3) is 0 Å². The molecule has 212 valence electrons. The molecule has 2 fully saturated rings. The Morgan fingerprint density at radius 2 is 1.85 bits per heavy atom. The summed E-state index contributed by atoms with van der Waals surface area (Å²) in [4.78, 5) is 69.8. The van der Waals surface area contributed by atoms with Gasteiger partial charge in [-0.25, -0.2) is 0 Å². The van der Waals surface area contributed by atoms with E-state index in [-0.39, 0.29) is 24.2 Å². The van der Waals surface area contributed by atoms with Crippen LogP contribution in [0.3, 0.4) is 0 Å². The number of nitrogens with zero attached hydrogens (tertiary/aromatic N) is 2. The van der Waals surface area contributed by atoms with Crippen LogP contribution in [0.5, 0.6) is 5.75 Å². The number of benzene rings is 1. The lowest BCUT2D eigenvalue weighted by molar-refractivity contribution is -0.181. The number of likely N-dealkylation sites (N-methyl/N-ethyl adjacent to an activating group) is 1. The third-order valence-electron chi connectivity index (χ3n) is 8.53. The van der Waals surface area contributed by atoms with E-state index in [1.807, 2.05) is 6.92 Å². The number of primary amides is 1. The molecule has 0 radical (unpaired) electrons. The Kier molecular flexibility index (Phi) is 7.81. The topological polar surface area (TPSA) is 158 Å². The van der Waals surface area contributed by atoms with E-state index >= 15 is 0 Å². The molecule has 1 amide bonds. The number of phenols is 1. The van der Waals surface area contributed by atoms with Crippen LogP contribution < -0.4 is 5.73 Å². The number of carbonyl (C=O) groups excluding carboxylic acids is 5. The van der Waals surface area contributed by atoms with Gasteiger partial charge in [-0.15, -0.1) is 0 Å². The van der Waals surface area contributed by atoms with Crippen molar-refractivity contribution < 1.29 is 34.2 Å². The number of phenolic OH excluding ortho intramolecular Hbond substituents is 1. The summed E-state index contributed by atoms with van der Waals surface area (Å²) < 4.78 is 0. The normalized spacial score (nSPS) is 30.6. The highest BCUT2D eigenvalue weighted by atomic mass is 35.5. The molecular formula is C28H36ClN3O7. The fourth-order valence-electron chi connectivity index (χ4n) is 6.89. The number of fused-ring (bicyclic) bond motifs is 3. The maximum atomic E-state index is 13.8. The summed E-state index contributed by atoms with van der Waals surface area (Å²) in [7, 11) is 3.10. The Balaban J connectivity index is 1.79. The zero-order valence-electron chi connectivity index (χ0n) is 22.9. The van der Waals surface area contributed by atoms with Gasteiger partial charge in [-0.2, -0.15) is 0 Å². The fraction of sp³-hybridized carbons (Fsp3) is 0.607. The summed E-state index contributed by atoms with van der Waals surface area (Å²) in [5.41, 5.74) is 3.57. The number of halogens is 1. The van der Waals surface area contributed by atoms with Crippen LogP contribution in [-0.4, -0.2) is 87.9 Å². The molecule has 3 aliphatic rings. The van der Waals surface area contributed by atoms with Crippen LogP contribution in [0.2, 0.25) is 5.02 Å². The first kappa shape index (κ1) is 29.3. The van der Waals surface area contributed by atoms with Crippen LogP contribution in [-0.2, 0) is 32.1 Å². The van der Waals surface area contributed by atoms with Crippen LogP contribution in [0.4, 0.5) is 0 Å². The van der Waals surface area contributed by atoms with Crippen molar-refractivity contribution in [3.05, 3.63) is 27.8 Å². The molecule has 10 nitrogen and oxygen atoms in total. The van der Waals surface area contributed by atoms with E-state index in [0.29, 0.717) is 28.6 Å². The van der Waals surface area contributed by atoms with Crippen LogP contribution in [0.1, 0.15) is 48.7 Å². The molecule has 11 heteroatoms. The van der Waals surface area contributed by atoms with E-state index in [9.17, 15) is 34.2 Å². The number of aromatic hydroxyl groups is 1. The predicted molar refractivity (Wildman–Crippen MR) is 142 cm³/mol. The SMILES string of the molecule is CCN(Cc1cc(O)c2c(c1Cl)C[C@H]1C[C@H]3[C@H](N(C)C)C(=O)C(C(N)=O)C(=O)C3(O)C(=O)C1C2=O)CC(C)C. The van der Waals surface area contributed by atoms with Gasteiger partial charge < -0.3 is 15.9 Å². The number of aliphatic hydroxyl groups is 1. The fourth-order valence-corrected chi connectivity index (χ4v) is 7.17. The minimum atomic E-state index is -2.74. The molecule has 0 aliphatic heterocycles. The minimum absolute atomic E-state index is 0.0142. The molecular weight excluding hydrogens is 526 g/mol. The summed E-state index contributed by atoms with van der Waals surface area (Å²) in [6.07, 6.45) is 0.127. The number of amides is 1. The van der Waals surface area contributed by atoms with E-state index in [0.717, 1.165) is 13.1 Å². The van der Waals surface area contributed by atoms with Crippen molar-refractivity contribution in [2.75, 3.05) is 27.2 Å². The van der Waals surface area contributed by atoms with E-state index in [2.05, 4.69) is 18.7 Å². The Labute approximate surface area is 232 Å². The second-order valence-corrected chi connectivity index (χ2v) is 12.1. The highest BCUT2D eigenvalue weighted by Crippen LogP contribution is 2.51. The second-order valence-electron chi connectivity index (χ2n) is 11.7. The molecule has 0 saturated heterocycles. The van der Waals surface area contributed by atoms with Crippen molar-refractivity contribution in [2.45, 2.75) is 51.8 Å². The Morgan fingerprint density at radius 1 is 1.21 bits per heavy atom. The third kappa shape index (κ3) is 4.51. The van der Waals surface area contributed by atoms with Crippen molar-refractivity contribution in [1.29, 1.82) is 0 Å². The lowest BCUT2D eigenvalue weighted by Gasteiger charge is -2.52. The van der Waals surface area contributed by atoms with E-state index in [1.54, 1.807) is 14.1 Å². The van der Waals surface area contributed by atoms with Gasteiger partial charge in [-0.3, -0.25) is 33.8 Å². The number of hydrogen-bond acceptors (Lipinski definition) is 9. The molecule has 0 heterocycles. The smallest absolute Gasteiger partial charge is 0.235 e. The highest BCUT2D eigenvalue weighted by Gasteiger charge is 2.69. The first-order valence-corrected chi connectivity index (χ1v) is 13.6. The molecule has 6 atom stereocenters. The summed E-state index contributed by atoms with van der Waals surface area (Å²) in [5.74, 6) is -10.3. The molecule has 1 aromatic rings. The minimum Gasteiger partial charge on any atom is -0.507 e. The number of nitrogens with two attached hydrogens (primary N) is 1. The lowest BCUT2D eigenvalue weighted by Crippen LogP contribution is -2.74. The Morgan fingerprint density at radius 3 is 2.38 bits per heavy atom. The predicted octanol–water partition coefficient (Wildman–Crippen LogP) is 0.998. The highest BCUT2D eigenvalue weighted by molar-refractivity contribution is 6.34. The van der Waals surface area contributed by atoms with E-state index < -0.39 is 64.4 Å². The monoisotopic (exact) mass is 561 g/mol. The third-order valence-corrected chi connectivity index (χ3v) is 9.00. The maximum absolute atomic E-state index is 13.8. The molecule has 4 N–H and O–H groups in total. The average Bonchev–Trinajstić information content (AvgIpc) is 2.83. The molecule has 0 bridgehead atoms. The van der Waals surface area contributed by atoms with Gasteiger partial charge in [0.25, 0.3) is 0 Å². The van der Waals surface area contributed by atoms with Gasteiger partial charge in [0.2, 0.25) is 5.91 Å². The molecule has 4 rings (SSSR count). The van der Waals surface area contributed by atoms with E-state index in [4.69, 9.17) is 17.3 Å². The number of ketones is 4. The Hall–Kier alpha value is -2.66. The van der Waals surface area contributed by atoms with Crippen molar-refractivity contribution in [2.24, 2.45) is 35.3 Å². The first-order valence-electron chi connectivity index (χ1n) is 13.3. The number of rotatable bonds is 7. The zero-order chi connectivity index (χ0) is 29.1. The molecule has 2 saturated carbocycles. The molecule has 1 aromatic carbocycles. The van der Waals surface area contributed by atoms with Crippen molar-refractivity contribution >= 4 is 40.6 Å². The standard InChI is InChI=1S/C28H36ClN3O7/c1-6-32(10-12(2)3)11-14-9-17(33)19-15(21(14)29)7-13-8-16-22(31(4)5)24(35)20(27(30)38)26(37)28(16,39)25(36)18(13)23(19)34/h9,12-13,16,18,20,22,33,39H,6-8,10-11H2,1-5H3,(H2,30,38)/t13-,16-,18?,20?,22-,28?/m0/s1. The van der Waals surface area contributed by atoms with Crippen LogP contribution in [0, 0.1) is 29.6 Å². The quantitative estimate of drug-likeness (QED) is 0.413. The molecule has 39 heavy (non-hydrogen) atoms. The van der Waals surface area contributed by atoms with Crippen LogP contribution in [0.15, 0.2) is 6.07 Å². The number of Topliss-reactive ketones (excluding diaryl/α,β-unsaturated/α-hetero) is 4. The van der Waals surface area contributed by atoms with Gasteiger partial charge >= 0.3 is 0 Å². The van der Waals surface area contributed by atoms with Crippen molar-refractivity contribution in [1.82, 2.24) is 9.80 Å². The summed E-state index contributed by atoms with van der Waals surface area (Å²) in [6.45, 7) is 8.24.